The Bertz CT molecular complexity index is 1310. The van der Waals surface area contributed by atoms with Crippen molar-refractivity contribution in [2.75, 3.05) is 7.11 Å². The lowest BCUT2D eigenvalue weighted by molar-refractivity contribution is 0.0600. The second-order valence-corrected chi connectivity index (χ2v) is 8.23. The Balaban J connectivity index is 1.69. The molecule has 0 saturated carbocycles. The highest BCUT2D eigenvalue weighted by Crippen LogP contribution is 2.25. The maximum atomic E-state index is 14.4. The summed E-state index contributed by atoms with van der Waals surface area (Å²) in [5.74, 6) is -1.12. The second-order valence-electron chi connectivity index (χ2n) is 7.31. The number of carbonyl (C=O) groups is 1. The summed E-state index contributed by atoms with van der Waals surface area (Å²) in [5, 5.41) is 0. The third-order valence-corrected chi connectivity index (χ3v) is 5.57. The molecule has 7 heteroatoms. The smallest absolute Gasteiger partial charge is 0.337 e. The number of esters is 1. The number of hydrogen-bond donors (Lipinski definition) is 0. The van der Waals surface area contributed by atoms with Gasteiger partial charge in [0.2, 0.25) is 0 Å². The molecule has 0 unspecified atom stereocenters. The molecule has 0 N–H and O–H groups in total. The van der Waals surface area contributed by atoms with Crippen LogP contribution in [-0.2, 0) is 11.3 Å². The molecule has 4 nitrogen and oxygen atoms in total. The molecule has 0 fully saturated rings. The van der Waals surface area contributed by atoms with Gasteiger partial charge in [-0.05, 0) is 53.6 Å². The van der Waals surface area contributed by atoms with E-state index in [1.165, 1.54) is 19.2 Å². The molecule has 4 aromatic rings. The van der Waals surface area contributed by atoms with Gasteiger partial charge in [0.15, 0.2) is 0 Å². The fourth-order valence-electron chi connectivity index (χ4n) is 3.32. The quantitative estimate of drug-likeness (QED) is 0.275. The lowest BCUT2D eigenvalue weighted by Gasteiger charge is -2.06. The molecule has 3 aromatic carbocycles. The predicted molar refractivity (Wildman–Crippen MR) is 128 cm³/mol. The largest absolute Gasteiger partial charge is 0.465 e. The molecule has 0 bridgehead atoms. The van der Waals surface area contributed by atoms with Gasteiger partial charge >= 0.3 is 5.97 Å². The Kier molecular flexibility index (Phi) is 6.79. The highest BCUT2D eigenvalue weighted by molar-refractivity contribution is 9.10. The number of benzene rings is 3. The van der Waals surface area contributed by atoms with E-state index in [1.807, 2.05) is 53.1 Å². The van der Waals surface area contributed by atoms with Crippen LogP contribution in [0.4, 0.5) is 8.78 Å². The molecule has 0 aliphatic carbocycles. The number of ether oxygens (including phenoxy) is 1. The zero-order valence-corrected chi connectivity index (χ0v) is 19.2. The third-order valence-electron chi connectivity index (χ3n) is 5.04. The van der Waals surface area contributed by atoms with E-state index in [-0.39, 0.29) is 5.56 Å². The lowest BCUT2D eigenvalue weighted by atomic mass is 10.1. The van der Waals surface area contributed by atoms with Gasteiger partial charge in [-0.15, -0.1) is 0 Å². The number of nitrogens with zero attached hydrogens (tertiary/aromatic N) is 2. The first kappa shape index (κ1) is 22.6. The van der Waals surface area contributed by atoms with Crippen molar-refractivity contribution >= 4 is 34.1 Å². The third kappa shape index (κ3) is 5.43. The molecule has 0 atom stereocenters. The number of rotatable bonds is 6. The minimum Gasteiger partial charge on any atom is -0.465 e. The van der Waals surface area contributed by atoms with Crippen LogP contribution in [-0.4, -0.2) is 22.6 Å². The SMILES string of the molecule is COC(=O)c1ccc(Cn2cc(-c3ccc(F)cc3F)nc2/C=C/c2ccc(Br)cc2)cc1. The monoisotopic (exact) mass is 508 g/mol. The second kappa shape index (κ2) is 9.92. The summed E-state index contributed by atoms with van der Waals surface area (Å²) in [6, 6.07) is 18.3. The first-order chi connectivity index (χ1) is 15.9. The molecule has 0 saturated heterocycles. The number of methoxy groups -OCH3 is 1. The Hall–Kier alpha value is -3.58. The normalized spacial score (nSPS) is 11.2. The van der Waals surface area contributed by atoms with Gasteiger partial charge in [0.05, 0.1) is 18.4 Å². The number of carbonyl (C=O) groups excluding carboxylic acids is 1. The van der Waals surface area contributed by atoms with Crippen LogP contribution in [0.2, 0.25) is 0 Å². The molecule has 1 heterocycles. The first-order valence-electron chi connectivity index (χ1n) is 10.1. The number of imidazole rings is 1. The van der Waals surface area contributed by atoms with Crippen molar-refractivity contribution in [3.63, 3.8) is 0 Å². The molecule has 0 aliphatic rings. The van der Waals surface area contributed by atoms with Gasteiger partial charge < -0.3 is 9.30 Å². The van der Waals surface area contributed by atoms with E-state index >= 15 is 0 Å². The van der Waals surface area contributed by atoms with Crippen LogP contribution in [0.15, 0.2) is 77.4 Å². The summed E-state index contributed by atoms with van der Waals surface area (Å²) in [4.78, 5) is 16.3. The van der Waals surface area contributed by atoms with Gasteiger partial charge in [0.1, 0.15) is 17.5 Å². The molecule has 166 valence electrons. The maximum Gasteiger partial charge on any atom is 0.337 e. The van der Waals surface area contributed by atoms with Crippen molar-refractivity contribution in [1.82, 2.24) is 9.55 Å². The Morgan fingerprint density at radius 3 is 2.42 bits per heavy atom. The average molecular weight is 509 g/mol. The maximum absolute atomic E-state index is 14.4. The van der Waals surface area contributed by atoms with E-state index < -0.39 is 17.6 Å². The van der Waals surface area contributed by atoms with Crippen molar-refractivity contribution in [2.24, 2.45) is 0 Å². The van der Waals surface area contributed by atoms with Crippen LogP contribution in [0.25, 0.3) is 23.4 Å². The zero-order valence-electron chi connectivity index (χ0n) is 17.6. The fourth-order valence-corrected chi connectivity index (χ4v) is 3.59. The summed E-state index contributed by atoms with van der Waals surface area (Å²) < 4.78 is 35.4. The molecule has 0 radical (unpaired) electrons. The summed E-state index contributed by atoms with van der Waals surface area (Å²) >= 11 is 3.42. The van der Waals surface area contributed by atoms with Crippen molar-refractivity contribution < 1.29 is 18.3 Å². The van der Waals surface area contributed by atoms with Crippen molar-refractivity contribution in [3.05, 3.63) is 112 Å². The first-order valence-corrected chi connectivity index (χ1v) is 10.9. The Labute approximate surface area is 198 Å². The van der Waals surface area contributed by atoms with Crippen LogP contribution >= 0.6 is 15.9 Å². The summed E-state index contributed by atoms with van der Waals surface area (Å²) in [6.07, 6.45) is 5.49. The van der Waals surface area contributed by atoms with Gasteiger partial charge in [-0.1, -0.05) is 46.3 Å². The standard InChI is InChI=1S/C26H19BrF2N2O2/c1-33-26(32)19-7-2-18(3-8-19)15-31-16-24(22-12-11-21(28)14-23(22)29)30-25(31)13-6-17-4-9-20(27)10-5-17/h2-14,16H,15H2,1H3/b13-6+. The fraction of sp³-hybridized carbons (Fsp3) is 0.0769. The van der Waals surface area contributed by atoms with Crippen LogP contribution in [0, 0.1) is 11.6 Å². The van der Waals surface area contributed by atoms with Gasteiger partial charge in [0.25, 0.3) is 0 Å². The van der Waals surface area contributed by atoms with E-state index in [9.17, 15) is 13.6 Å². The summed E-state index contributed by atoms with van der Waals surface area (Å²) in [7, 11) is 1.34. The molecule has 4 rings (SSSR count). The van der Waals surface area contributed by atoms with Crippen LogP contribution < -0.4 is 0 Å². The van der Waals surface area contributed by atoms with Crippen LogP contribution in [0.1, 0.15) is 27.3 Å². The molecule has 33 heavy (non-hydrogen) atoms. The highest BCUT2D eigenvalue weighted by atomic mass is 79.9. The topological polar surface area (TPSA) is 44.1 Å². The van der Waals surface area contributed by atoms with E-state index in [1.54, 1.807) is 18.3 Å². The number of hydrogen-bond acceptors (Lipinski definition) is 3. The lowest BCUT2D eigenvalue weighted by Crippen LogP contribution is -2.03. The highest BCUT2D eigenvalue weighted by Gasteiger charge is 2.13. The minimum absolute atomic E-state index is 0.217. The van der Waals surface area contributed by atoms with Gasteiger partial charge in [0, 0.05) is 28.8 Å². The molecular formula is C26H19BrF2N2O2. The number of halogens is 3. The summed E-state index contributed by atoms with van der Waals surface area (Å²) in [6.45, 7) is 0.442. The van der Waals surface area contributed by atoms with E-state index in [2.05, 4.69) is 20.9 Å². The van der Waals surface area contributed by atoms with E-state index in [4.69, 9.17) is 4.74 Å². The molecule has 0 aliphatic heterocycles. The molecule has 1 aromatic heterocycles. The van der Waals surface area contributed by atoms with Crippen LogP contribution in [0.3, 0.4) is 0 Å². The van der Waals surface area contributed by atoms with E-state index in [0.29, 0.717) is 23.6 Å². The number of aromatic nitrogens is 2. The summed E-state index contributed by atoms with van der Waals surface area (Å²) in [5.41, 5.74) is 2.97. The van der Waals surface area contributed by atoms with Crippen LogP contribution in [0.5, 0.6) is 0 Å². The molecule has 0 spiro atoms. The van der Waals surface area contributed by atoms with Crippen molar-refractivity contribution in [1.29, 1.82) is 0 Å². The molecular weight excluding hydrogens is 490 g/mol. The molecule has 0 amide bonds. The van der Waals surface area contributed by atoms with E-state index in [0.717, 1.165) is 21.7 Å². The average Bonchev–Trinajstić information content (AvgIpc) is 3.20. The van der Waals surface area contributed by atoms with Crippen molar-refractivity contribution in [2.45, 2.75) is 6.54 Å². The van der Waals surface area contributed by atoms with Gasteiger partial charge in [-0.25, -0.2) is 18.6 Å². The Morgan fingerprint density at radius 2 is 1.76 bits per heavy atom. The van der Waals surface area contributed by atoms with Gasteiger partial charge in [-0.2, -0.15) is 0 Å². The Morgan fingerprint density at radius 1 is 1.03 bits per heavy atom. The van der Waals surface area contributed by atoms with Gasteiger partial charge in [-0.3, -0.25) is 0 Å². The minimum atomic E-state index is -0.675. The predicted octanol–water partition coefficient (Wildman–Crippen LogP) is 6.60. The zero-order chi connectivity index (χ0) is 23.4. The van der Waals surface area contributed by atoms with Crippen molar-refractivity contribution in [3.8, 4) is 11.3 Å².